The quantitative estimate of drug-likeness (QED) is 0.240. The Bertz CT molecular complexity index is 1700. The number of carbonyl (C=O) groups excluding carboxylic acids is 3. The number of allylic oxidation sites excluding steroid dienone is 1. The Morgan fingerprint density at radius 3 is 1.81 bits per heavy atom. The number of pyridine rings is 2. The van der Waals surface area contributed by atoms with Crippen LogP contribution in [0.4, 0.5) is 0 Å². The van der Waals surface area contributed by atoms with Gasteiger partial charge in [0.2, 0.25) is 5.91 Å². The van der Waals surface area contributed by atoms with Crippen LogP contribution in [0.25, 0.3) is 6.08 Å². The number of esters is 2. The summed E-state index contributed by atoms with van der Waals surface area (Å²) in [6.45, 7) is 10.8. The van der Waals surface area contributed by atoms with E-state index in [1.807, 2.05) is 20.8 Å². The standard InChI is InChI=1S/C14H18BrNO3.C13H16BrNO3.C6H5Br2NO/c1-13(2,3)19-11(17)5-6-14-7-9(14)10(15)8-16(4)12(14)18;1-13(2,3)18-11(16)6-5-9-7-10(14)8-15(4)12(9)17;1-9-3-4(7)2-5(8)6(9)10/h5-6,8-9H,7H2,1-4H3;5-8H,1-4H3;2-3H,1H3/b2*6-5+;. The second-order valence-electron chi connectivity index (χ2n) is 12.9. The van der Waals surface area contributed by atoms with E-state index in [0.29, 0.717) is 10.0 Å². The molecule has 2 aromatic heterocycles. The van der Waals surface area contributed by atoms with Gasteiger partial charge in [-0.2, -0.15) is 0 Å². The molecule has 1 amide bonds. The summed E-state index contributed by atoms with van der Waals surface area (Å²) in [4.78, 5) is 59.7. The predicted octanol–water partition coefficient (Wildman–Crippen LogP) is 7.01. The molecule has 1 aliphatic heterocycles. The van der Waals surface area contributed by atoms with Gasteiger partial charge in [0.1, 0.15) is 11.2 Å². The highest BCUT2D eigenvalue weighted by atomic mass is 79.9. The third-order valence-corrected chi connectivity index (χ3v) is 8.58. The lowest BCUT2D eigenvalue weighted by atomic mass is 9.99. The molecule has 2 aliphatic rings. The van der Waals surface area contributed by atoms with Crippen molar-refractivity contribution in [2.45, 2.75) is 59.2 Å². The van der Waals surface area contributed by atoms with Crippen LogP contribution < -0.4 is 11.1 Å². The molecule has 256 valence electrons. The highest BCUT2D eigenvalue weighted by molar-refractivity contribution is 9.12. The van der Waals surface area contributed by atoms with E-state index in [1.165, 1.54) is 27.4 Å². The first-order valence-corrected chi connectivity index (χ1v) is 17.5. The number of hydrogen-bond acceptors (Lipinski definition) is 7. The molecule has 0 bridgehead atoms. The lowest BCUT2D eigenvalue weighted by molar-refractivity contribution is -0.149. The average Bonchev–Trinajstić information content (AvgIpc) is 3.66. The van der Waals surface area contributed by atoms with Gasteiger partial charge in [-0.1, -0.05) is 22.0 Å². The van der Waals surface area contributed by atoms with Crippen LogP contribution in [0.2, 0.25) is 0 Å². The van der Waals surface area contributed by atoms with E-state index >= 15 is 0 Å². The minimum absolute atomic E-state index is 0.0248. The monoisotopic (exact) mass is 905 g/mol. The summed E-state index contributed by atoms with van der Waals surface area (Å²) in [7, 11) is 5.08. The Hall–Kier alpha value is -2.55. The van der Waals surface area contributed by atoms with Crippen LogP contribution in [-0.4, -0.2) is 50.1 Å². The summed E-state index contributed by atoms with van der Waals surface area (Å²) >= 11 is 13.2. The Kier molecular flexibility index (Phi) is 14.0. The minimum Gasteiger partial charge on any atom is -0.457 e. The summed E-state index contributed by atoms with van der Waals surface area (Å²) in [6, 6.07) is 3.38. The number of carbonyl (C=O) groups is 3. The fourth-order valence-corrected chi connectivity index (χ4v) is 7.07. The number of aryl methyl sites for hydroxylation is 2. The van der Waals surface area contributed by atoms with Crippen LogP contribution in [-0.2, 0) is 38.0 Å². The molecule has 2 unspecified atom stereocenters. The highest BCUT2D eigenvalue weighted by Crippen LogP contribution is 2.62. The molecule has 0 spiro atoms. The molecule has 4 rings (SSSR count). The van der Waals surface area contributed by atoms with Crippen molar-refractivity contribution >= 4 is 87.6 Å². The third kappa shape index (κ3) is 12.4. The number of halogens is 4. The lowest BCUT2D eigenvalue weighted by Gasteiger charge is -2.24. The third-order valence-electron chi connectivity index (χ3n) is 6.39. The van der Waals surface area contributed by atoms with Crippen LogP contribution in [0, 0.1) is 11.3 Å². The fourth-order valence-electron chi connectivity index (χ4n) is 4.27. The molecule has 3 heterocycles. The van der Waals surface area contributed by atoms with Gasteiger partial charge in [0.05, 0.1) is 9.89 Å². The molecule has 1 aliphatic carbocycles. The van der Waals surface area contributed by atoms with Gasteiger partial charge in [-0.25, -0.2) is 9.59 Å². The van der Waals surface area contributed by atoms with Crippen LogP contribution >= 0.6 is 63.7 Å². The first-order chi connectivity index (χ1) is 21.5. The van der Waals surface area contributed by atoms with Crippen molar-refractivity contribution in [3.05, 3.63) is 93.1 Å². The van der Waals surface area contributed by atoms with Crippen molar-refractivity contribution in [3.63, 3.8) is 0 Å². The number of ether oxygens (including phenoxy) is 2. The first-order valence-electron chi connectivity index (χ1n) is 14.3. The molecule has 0 saturated heterocycles. The molecule has 2 aromatic rings. The Morgan fingerprint density at radius 2 is 1.30 bits per heavy atom. The predicted molar refractivity (Wildman–Crippen MR) is 197 cm³/mol. The normalized spacial score (nSPS) is 18.8. The number of rotatable bonds is 4. The van der Waals surface area contributed by atoms with E-state index in [4.69, 9.17) is 9.47 Å². The molecular weight excluding hydrogens is 870 g/mol. The molecular formula is C33H39Br4N3O7. The Labute approximate surface area is 308 Å². The van der Waals surface area contributed by atoms with E-state index in [9.17, 15) is 24.0 Å². The van der Waals surface area contributed by atoms with Crippen molar-refractivity contribution < 1.29 is 23.9 Å². The van der Waals surface area contributed by atoms with E-state index in [-0.39, 0.29) is 22.9 Å². The molecule has 2 atom stereocenters. The molecule has 47 heavy (non-hydrogen) atoms. The van der Waals surface area contributed by atoms with Gasteiger partial charge in [0.15, 0.2) is 0 Å². The summed E-state index contributed by atoms with van der Waals surface area (Å²) < 4.78 is 16.5. The minimum atomic E-state index is -0.556. The first kappa shape index (κ1) is 40.6. The second kappa shape index (κ2) is 16.2. The van der Waals surface area contributed by atoms with E-state index in [2.05, 4.69) is 63.7 Å². The van der Waals surface area contributed by atoms with Crippen molar-refractivity contribution in [1.29, 1.82) is 0 Å². The van der Waals surface area contributed by atoms with Gasteiger partial charge in [0.25, 0.3) is 11.1 Å². The second-order valence-corrected chi connectivity index (χ2v) is 16.5. The SMILES string of the molecule is CN1C=C(Br)C2CC2(/C=C/C(=O)OC(C)(C)C)C1=O.Cn1cc(Br)cc(/C=C/C(=O)OC(C)(C)C)c1=O.Cn1cc(Br)cc(Br)c1=O. The van der Waals surface area contributed by atoms with Crippen molar-refractivity contribution in [2.75, 3.05) is 7.05 Å². The van der Waals surface area contributed by atoms with Crippen LogP contribution in [0.15, 0.2) is 76.4 Å². The van der Waals surface area contributed by atoms with Gasteiger partial charge in [0, 0.05) is 76.8 Å². The maximum Gasteiger partial charge on any atom is 0.331 e. The number of aromatic nitrogens is 2. The van der Waals surface area contributed by atoms with E-state index in [1.54, 1.807) is 83.6 Å². The van der Waals surface area contributed by atoms with E-state index in [0.717, 1.165) is 19.8 Å². The highest BCUT2D eigenvalue weighted by Gasteiger charge is 2.62. The molecule has 1 fully saturated rings. The van der Waals surface area contributed by atoms with Crippen LogP contribution in [0.1, 0.15) is 53.5 Å². The maximum atomic E-state index is 12.2. The summed E-state index contributed by atoms with van der Waals surface area (Å²) in [6.07, 6.45) is 11.7. The molecule has 0 aromatic carbocycles. The number of amides is 1. The zero-order valence-corrected chi connectivity index (χ0v) is 34.0. The summed E-state index contributed by atoms with van der Waals surface area (Å²) in [5, 5.41) is 0. The molecule has 14 heteroatoms. The topological polar surface area (TPSA) is 117 Å². The van der Waals surface area contributed by atoms with Gasteiger partial charge >= 0.3 is 11.9 Å². The van der Waals surface area contributed by atoms with Crippen molar-refractivity contribution in [1.82, 2.24) is 14.0 Å². The van der Waals surface area contributed by atoms with Gasteiger partial charge in [-0.15, -0.1) is 0 Å². The van der Waals surface area contributed by atoms with E-state index < -0.39 is 28.6 Å². The van der Waals surface area contributed by atoms with Crippen molar-refractivity contribution in [2.24, 2.45) is 25.4 Å². The zero-order valence-electron chi connectivity index (χ0n) is 27.7. The van der Waals surface area contributed by atoms with Crippen LogP contribution in [0.5, 0.6) is 0 Å². The maximum absolute atomic E-state index is 12.2. The summed E-state index contributed by atoms with van der Waals surface area (Å²) in [5.41, 5.74) is -1.38. The average molecular weight is 909 g/mol. The molecule has 0 N–H and O–H groups in total. The Balaban J connectivity index is 0.000000257. The molecule has 10 nitrogen and oxygen atoms in total. The van der Waals surface area contributed by atoms with Gasteiger partial charge in [-0.3, -0.25) is 14.4 Å². The zero-order chi connectivity index (χ0) is 36.1. The lowest BCUT2D eigenvalue weighted by Crippen LogP contribution is -2.34. The molecule has 0 radical (unpaired) electrons. The van der Waals surface area contributed by atoms with Crippen LogP contribution in [0.3, 0.4) is 0 Å². The number of fused-ring (bicyclic) bond motifs is 1. The fraction of sp³-hybridized carbons (Fsp3) is 0.424. The largest absolute Gasteiger partial charge is 0.457 e. The van der Waals surface area contributed by atoms with Gasteiger partial charge < -0.3 is 23.5 Å². The number of nitrogens with zero attached hydrogens (tertiary/aromatic N) is 3. The summed E-state index contributed by atoms with van der Waals surface area (Å²) in [5.74, 6) is -0.687. The molecule has 1 saturated carbocycles. The van der Waals surface area contributed by atoms with Crippen molar-refractivity contribution in [3.8, 4) is 0 Å². The number of hydrogen-bond donors (Lipinski definition) is 0. The smallest absolute Gasteiger partial charge is 0.331 e. The van der Waals surface area contributed by atoms with Gasteiger partial charge in [-0.05, 0) is 114 Å². The Morgan fingerprint density at radius 1 is 0.809 bits per heavy atom.